The van der Waals surface area contributed by atoms with Crippen molar-refractivity contribution in [3.8, 4) is 0 Å². The predicted molar refractivity (Wildman–Crippen MR) is 63.7 cm³/mol. The second-order valence-electron chi connectivity index (χ2n) is 3.53. The number of hydrogen-bond acceptors (Lipinski definition) is 3. The van der Waals surface area contributed by atoms with Gasteiger partial charge in [0.2, 0.25) is 0 Å². The number of aryl methyl sites for hydroxylation is 1. The molecule has 0 amide bonds. The summed E-state index contributed by atoms with van der Waals surface area (Å²) in [6, 6.07) is 9.41. The molecule has 0 aliphatic heterocycles. The van der Waals surface area contributed by atoms with Crippen LogP contribution >= 0.6 is 0 Å². The molecule has 80 valence electrons. The number of aliphatic hydroxyl groups excluding tert-OH is 1. The number of aliphatic hydroxyl groups is 1. The average molecular weight is 212 g/mol. The molecular formula is C13H12N2O. The maximum Gasteiger partial charge on any atom is 0.124 e. The minimum absolute atomic E-state index is 0.207. The minimum Gasteiger partial charge on any atom is -0.507 e. The molecule has 1 N–H and O–H groups in total. The third-order valence-corrected chi connectivity index (χ3v) is 2.24. The normalized spacial score (nSPS) is 11.4. The zero-order valence-corrected chi connectivity index (χ0v) is 8.96. The molecule has 0 atom stereocenters. The topological polar surface area (TPSA) is 46.0 Å². The zero-order chi connectivity index (χ0) is 11.4. The van der Waals surface area contributed by atoms with Crippen molar-refractivity contribution < 1.29 is 5.11 Å². The fraction of sp³-hybridized carbons (Fsp3) is 0.0769. The monoisotopic (exact) mass is 212 g/mol. The van der Waals surface area contributed by atoms with Crippen molar-refractivity contribution in [2.24, 2.45) is 0 Å². The largest absolute Gasteiger partial charge is 0.507 e. The Kier molecular flexibility index (Phi) is 2.96. The first-order chi connectivity index (χ1) is 7.75. The summed E-state index contributed by atoms with van der Waals surface area (Å²) in [5.74, 6) is 0.207. The lowest BCUT2D eigenvalue weighted by Crippen LogP contribution is -1.86. The number of benzene rings is 1. The van der Waals surface area contributed by atoms with Gasteiger partial charge in [0.05, 0.1) is 5.69 Å². The first-order valence-electron chi connectivity index (χ1n) is 4.99. The Bertz CT molecular complexity index is 489. The Hall–Kier alpha value is -2.16. The molecule has 0 aliphatic rings. The van der Waals surface area contributed by atoms with Crippen molar-refractivity contribution in [1.29, 1.82) is 0 Å². The molecule has 1 aromatic carbocycles. The summed E-state index contributed by atoms with van der Waals surface area (Å²) in [5, 5.41) is 9.87. The van der Waals surface area contributed by atoms with E-state index >= 15 is 0 Å². The van der Waals surface area contributed by atoms with Gasteiger partial charge < -0.3 is 5.11 Å². The summed E-state index contributed by atoms with van der Waals surface area (Å²) in [5.41, 5.74) is 2.64. The van der Waals surface area contributed by atoms with Crippen molar-refractivity contribution in [3.05, 3.63) is 59.7 Å². The lowest BCUT2D eigenvalue weighted by molar-refractivity contribution is 0.515. The van der Waals surface area contributed by atoms with Crippen molar-refractivity contribution in [1.82, 2.24) is 9.97 Å². The number of hydrogen-bond donors (Lipinski definition) is 1. The average Bonchev–Trinajstić information content (AvgIpc) is 2.31. The Balaban J connectivity index is 2.28. The van der Waals surface area contributed by atoms with E-state index in [9.17, 15) is 5.11 Å². The van der Waals surface area contributed by atoms with Crippen LogP contribution in [0.1, 0.15) is 16.8 Å². The molecule has 0 spiro atoms. The van der Waals surface area contributed by atoms with Crippen molar-refractivity contribution in [3.63, 3.8) is 0 Å². The van der Waals surface area contributed by atoms with Gasteiger partial charge in [-0.2, -0.15) is 0 Å². The van der Waals surface area contributed by atoms with E-state index in [1.54, 1.807) is 18.3 Å². The summed E-state index contributed by atoms with van der Waals surface area (Å²) >= 11 is 0. The van der Waals surface area contributed by atoms with Crippen LogP contribution < -0.4 is 0 Å². The number of nitrogens with zero attached hydrogens (tertiary/aromatic N) is 2. The van der Waals surface area contributed by atoms with Gasteiger partial charge in [-0.3, -0.25) is 0 Å². The maximum absolute atomic E-state index is 9.87. The van der Waals surface area contributed by atoms with Gasteiger partial charge in [0, 0.05) is 17.8 Å². The van der Waals surface area contributed by atoms with Gasteiger partial charge in [-0.1, -0.05) is 29.8 Å². The van der Waals surface area contributed by atoms with Gasteiger partial charge in [0.15, 0.2) is 0 Å². The Morgan fingerprint density at radius 1 is 1.19 bits per heavy atom. The van der Waals surface area contributed by atoms with E-state index in [0.717, 1.165) is 5.56 Å². The van der Waals surface area contributed by atoms with Crippen LogP contribution in [0.5, 0.6) is 0 Å². The van der Waals surface area contributed by atoms with E-state index in [1.807, 2.05) is 31.2 Å². The summed E-state index contributed by atoms with van der Waals surface area (Å²) in [6.07, 6.45) is 4.71. The zero-order valence-electron chi connectivity index (χ0n) is 8.96. The Morgan fingerprint density at radius 3 is 2.56 bits per heavy atom. The van der Waals surface area contributed by atoms with Crippen LogP contribution in [0, 0.1) is 6.92 Å². The van der Waals surface area contributed by atoms with Crippen LogP contribution in [0.2, 0.25) is 0 Å². The molecular weight excluding hydrogens is 200 g/mol. The van der Waals surface area contributed by atoms with Crippen molar-refractivity contribution in [2.45, 2.75) is 6.92 Å². The second kappa shape index (κ2) is 4.57. The van der Waals surface area contributed by atoms with Gasteiger partial charge in [-0.05, 0) is 13.0 Å². The molecule has 3 nitrogen and oxygen atoms in total. The first-order valence-corrected chi connectivity index (χ1v) is 4.99. The standard InChI is InChI=1S/C13H12N2O/c1-10-2-4-11(5-3-10)13(16)8-12-6-7-14-9-15-12/h2-9,16H,1H3/b13-8-. The van der Waals surface area contributed by atoms with Crippen LogP contribution in [-0.4, -0.2) is 15.1 Å². The van der Waals surface area contributed by atoms with Gasteiger partial charge in [0.25, 0.3) is 0 Å². The molecule has 16 heavy (non-hydrogen) atoms. The molecule has 2 rings (SSSR count). The van der Waals surface area contributed by atoms with Crippen molar-refractivity contribution in [2.75, 3.05) is 0 Å². The van der Waals surface area contributed by atoms with E-state index < -0.39 is 0 Å². The summed E-state index contributed by atoms with van der Waals surface area (Å²) in [7, 11) is 0. The molecule has 0 aliphatic carbocycles. The Morgan fingerprint density at radius 2 is 1.94 bits per heavy atom. The molecule has 0 saturated heterocycles. The molecule has 1 heterocycles. The molecule has 2 aromatic rings. The maximum atomic E-state index is 9.87. The minimum atomic E-state index is 0.207. The van der Waals surface area contributed by atoms with E-state index in [2.05, 4.69) is 9.97 Å². The van der Waals surface area contributed by atoms with Crippen LogP contribution in [0.15, 0.2) is 42.9 Å². The molecule has 3 heteroatoms. The van der Waals surface area contributed by atoms with Crippen LogP contribution in [-0.2, 0) is 0 Å². The van der Waals surface area contributed by atoms with Gasteiger partial charge in [-0.15, -0.1) is 0 Å². The number of rotatable bonds is 2. The fourth-order valence-corrected chi connectivity index (χ4v) is 1.33. The SMILES string of the molecule is Cc1ccc(/C(O)=C/c2ccncn2)cc1. The van der Waals surface area contributed by atoms with E-state index in [-0.39, 0.29) is 5.76 Å². The van der Waals surface area contributed by atoms with E-state index in [4.69, 9.17) is 0 Å². The van der Waals surface area contributed by atoms with Crippen LogP contribution in [0.3, 0.4) is 0 Å². The van der Waals surface area contributed by atoms with Crippen LogP contribution in [0.25, 0.3) is 11.8 Å². The quantitative estimate of drug-likeness (QED) is 0.778. The molecule has 0 bridgehead atoms. The lowest BCUT2D eigenvalue weighted by atomic mass is 10.1. The highest BCUT2D eigenvalue weighted by atomic mass is 16.3. The fourth-order valence-electron chi connectivity index (χ4n) is 1.33. The first kappa shape index (κ1) is 10.4. The third-order valence-electron chi connectivity index (χ3n) is 2.24. The smallest absolute Gasteiger partial charge is 0.124 e. The Labute approximate surface area is 94.1 Å². The van der Waals surface area contributed by atoms with E-state index in [1.165, 1.54) is 11.9 Å². The second-order valence-corrected chi connectivity index (χ2v) is 3.53. The molecule has 0 unspecified atom stereocenters. The summed E-state index contributed by atoms with van der Waals surface area (Å²) < 4.78 is 0. The van der Waals surface area contributed by atoms with E-state index in [0.29, 0.717) is 5.69 Å². The highest BCUT2D eigenvalue weighted by molar-refractivity contribution is 5.74. The highest BCUT2D eigenvalue weighted by Crippen LogP contribution is 2.14. The summed E-state index contributed by atoms with van der Waals surface area (Å²) in [4.78, 5) is 7.83. The molecule has 0 saturated carbocycles. The molecule has 0 radical (unpaired) electrons. The summed E-state index contributed by atoms with van der Waals surface area (Å²) in [6.45, 7) is 2.01. The van der Waals surface area contributed by atoms with Gasteiger partial charge in [-0.25, -0.2) is 9.97 Å². The number of aromatic nitrogens is 2. The highest BCUT2D eigenvalue weighted by Gasteiger charge is 1.98. The van der Waals surface area contributed by atoms with Gasteiger partial charge in [0.1, 0.15) is 12.1 Å². The van der Waals surface area contributed by atoms with Crippen LogP contribution in [0.4, 0.5) is 0 Å². The molecule has 1 aromatic heterocycles. The predicted octanol–water partition coefficient (Wildman–Crippen LogP) is 2.84. The van der Waals surface area contributed by atoms with Gasteiger partial charge >= 0.3 is 0 Å². The molecule has 0 fully saturated rings. The third kappa shape index (κ3) is 2.45. The van der Waals surface area contributed by atoms with Crippen molar-refractivity contribution >= 4 is 11.8 Å². The lowest BCUT2D eigenvalue weighted by Gasteiger charge is -2.00.